The van der Waals surface area contributed by atoms with E-state index in [1.54, 1.807) is 23.2 Å². The molecule has 0 saturated carbocycles. The standard InChI is InChI=1S/C23H27N3O3S/c1-4-6-9-13-25-21(27)18(22(28)29-5-2)19(20-15(3)12-14-30-20)26-17-11-8-7-10-16(17)24-23(25)26/h7-8,10-12,14,18-19H,4-6,9,13H2,1-3H3/t18-,19-/m0/s1. The lowest BCUT2D eigenvalue weighted by Crippen LogP contribution is -2.50. The average Bonchev–Trinajstić information content (AvgIpc) is 3.33. The number of benzene rings is 1. The molecule has 7 heteroatoms. The number of thiophene rings is 1. The normalized spacial score (nSPS) is 18.6. The molecule has 0 fully saturated rings. The number of fused-ring (bicyclic) bond motifs is 3. The van der Waals surface area contributed by atoms with Gasteiger partial charge in [-0.2, -0.15) is 0 Å². The van der Waals surface area contributed by atoms with Gasteiger partial charge < -0.3 is 4.74 Å². The molecule has 1 aromatic carbocycles. The number of imidazole rings is 1. The summed E-state index contributed by atoms with van der Waals surface area (Å²) in [6.45, 7) is 6.71. The van der Waals surface area contributed by atoms with E-state index in [-0.39, 0.29) is 12.5 Å². The summed E-state index contributed by atoms with van der Waals surface area (Å²) < 4.78 is 7.45. The second kappa shape index (κ2) is 8.60. The largest absolute Gasteiger partial charge is 0.465 e. The lowest BCUT2D eigenvalue weighted by molar-refractivity contribution is -0.153. The third kappa shape index (κ3) is 3.41. The number of aryl methyl sites for hydroxylation is 1. The number of carbonyl (C=O) groups is 2. The van der Waals surface area contributed by atoms with Crippen molar-refractivity contribution in [2.24, 2.45) is 5.92 Å². The Morgan fingerprint density at radius 2 is 2.00 bits per heavy atom. The molecule has 0 radical (unpaired) electrons. The Morgan fingerprint density at radius 3 is 2.70 bits per heavy atom. The van der Waals surface area contributed by atoms with Gasteiger partial charge in [0.05, 0.1) is 23.7 Å². The van der Waals surface area contributed by atoms with E-state index in [1.165, 1.54) is 0 Å². The molecule has 0 saturated heterocycles. The maximum Gasteiger partial charge on any atom is 0.321 e. The molecule has 2 aromatic heterocycles. The fraction of sp³-hybridized carbons (Fsp3) is 0.435. The summed E-state index contributed by atoms with van der Waals surface area (Å²) in [4.78, 5) is 34.2. The van der Waals surface area contributed by atoms with Gasteiger partial charge in [0.2, 0.25) is 11.9 Å². The fourth-order valence-electron chi connectivity index (χ4n) is 4.19. The van der Waals surface area contributed by atoms with Crippen LogP contribution in [0, 0.1) is 12.8 Å². The van der Waals surface area contributed by atoms with Crippen LogP contribution in [0.2, 0.25) is 0 Å². The number of carbonyl (C=O) groups excluding carboxylic acids is 2. The first-order chi connectivity index (χ1) is 14.6. The van der Waals surface area contributed by atoms with Crippen molar-refractivity contribution in [1.29, 1.82) is 0 Å². The van der Waals surface area contributed by atoms with Crippen molar-refractivity contribution in [3.8, 4) is 0 Å². The first-order valence-corrected chi connectivity index (χ1v) is 11.4. The van der Waals surface area contributed by atoms with Crippen LogP contribution in [0.3, 0.4) is 0 Å². The number of hydrogen-bond acceptors (Lipinski definition) is 5. The molecule has 0 N–H and O–H groups in total. The number of ether oxygens (including phenoxy) is 1. The van der Waals surface area contributed by atoms with Crippen LogP contribution in [-0.4, -0.2) is 34.6 Å². The molecule has 1 aliphatic rings. The first kappa shape index (κ1) is 20.6. The van der Waals surface area contributed by atoms with Crippen molar-refractivity contribution >= 4 is 40.2 Å². The maximum atomic E-state index is 13.7. The first-order valence-electron chi connectivity index (χ1n) is 10.6. The molecule has 1 aliphatic heterocycles. The average molecular weight is 426 g/mol. The number of rotatable bonds is 7. The number of nitrogens with zero attached hydrogens (tertiary/aromatic N) is 3. The minimum absolute atomic E-state index is 0.217. The van der Waals surface area contributed by atoms with Gasteiger partial charge >= 0.3 is 5.97 Å². The number of unbranched alkanes of at least 4 members (excludes halogenated alkanes) is 2. The van der Waals surface area contributed by atoms with Crippen molar-refractivity contribution in [1.82, 2.24) is 9.55 Å². The van der Waals surface area contributed by atoms with Crippen LogP contribution in [0.15, 0.2) is 35.7 Å². The third-order valence-electron chi connectivity index (χ3n) is 5.64. The van der Waals surface area contributed by atoms with Gasteiger partial charge in [-0.25, -0.2) is 4.98 Å². The predicted molar refractivity (Wildman–Crippen MR) is 119 cm³/mol. The molecule has 3 aromatic rings. The predicted octanol–water partition coefficient (Wildman–Crippen LogP) is 4.71. The fourth-order valence-corrected chi connectivity index (χ4v) is 5.25. The Bertz CT molecular complexity index is 1070. The number of amides is 1. The summed E-state index contributed by atoms with van der Waals surface area (Å²) in [6.07, 6.45) is 2.93. The molecule has 1 amide bonds. The molecule has 0 unspecified atom stereocenters. The smallest absolute Gasteiger partial charge is 0.321 e. The summed E-state index contributed by atoms with van der Waals surface area (Å²) in [5.41, 5.74) is 2.81. The quantitative estimate of drug-likeness (QED) is 0.312. The van der Waals surface area contributed by atoms with Crippen LogP contribution in [0.4, 0.5) is 5.95 Å². The molecule has 2 atom stereocenters. The summed E-state index contributed by atoms with van der Waals surface area (Å²) in [5, 5.41) is 2.00. The highest BCUT2D eigenvalue weighted by Crippen LogP contribution is 2.43. The van der Waals surface area contributed by atoms with Gasteiger partial charge in [0.15, 0.2) is 5.92 Å². The molecule has 4 rings (SSSR count). The van der Waals surface area contributed by atoms with Crippen molar-refractivity contribution in [2.45, 2.75) is 46.1 Å². The Labute approximate surface area is 180 Å². The van der Waals surface area contributed by atoms with Gasteiger partial charge in [-0.1, -0.05) is 31.9 Å². The van der Waals surface area contributed by atoms with Crippen molar-refractivity contribution in [3.63, 3.8) is 0 Å². The second-order valence-corrected chi connectivity index (χ2v) is 8.56. The van der Waals surface area contributed by atoms with Gasteiger partial charge in [-0.3, -0.25) is 19.1 Å². The van der Waals surface area contributed by atoms with E-state index in [1.807, 2.05) is 42.6 Å². The van der Waals surface area contributed by atoms with E-state index < -0.39 is 17.9 Å². The van der Waals surface area contributed by atoms with E-state index in [4.69, 9.17) is 9.72 Å². The number of aromatic nitrogens is 2. The SMILES string of the molecule is CCCCCN1C(=O)[C@@H](C(=O)OCC)[C@@H](c2sccc2C)n2c1nc1ccccc12. The van der Waals surface area contributed by atoms with Crippen LogP contribution in [0.5, 0.6) is 0 Å². The van der Waals surface area contributed by atoms with Crippen LogP contribution in [0.25, 0.3) is 11.0 Å². The molecule has 6 nitrogen and oxygen atoms in total. The Balaban J connectivity index is 1.94. The molecule has 158 valence electrons. The molecule has 0 spiro atoms. The Morgan fingerprint density at radius 1 is 1.20 bits per heavy atom. The van der Waals surface area contributed by atoms with Crippen LogP contribution >= 0.6 is 11.3 Å². The maximum absolute atomic E-state index is 13.7. The molecule has 0 aliphatic carbocycles. The van der Waals surface area contributed by atoms with Gasteiger partial charge in [0.25, 0.3) is 0 Å². The molecular formula is C23H27N3O3S. The van der Waals surface area contributed by atoms with Gasteiger partial charge in [0.1, 0.15) is 0 Å². The van der Waals surface area contributed by atoms with E-state index in [2.05, 4.69) is 11.5 Å². The summed E-state index contributed by atoms with van der Waals surface area (Å²) in [6, 6.07) is 9.43. The Hall–Kier alpha value is -2.67. The zero-order chi connectivity index (χ0) is 21.3. The third-order valence-corrected chi connectivity index (χ3v) is 6.73. The zero-order valence-corrected chi connectivity index (χ0v) is 18.4. The van der Waals surface area contributed by atoms with E-state index >= 15 is 0 Å². The summed E-state index contributed by atoms with van der Waals surface area (Å²) >= 11 is 1.57. The molecular weight excluding hydrogens is 398 g/mol. The van der Waals surface area contributed by atoms with Crippen molar-refractivity contribution in [3.05, 3.63) is 46.2 Å². The minimum atomic E-state index is -0.922. The van der Waals surface area contributed by atoms with Gasteiger partial charge in [-0.15, -0.1) is 11.3 Å². The second-order valence-electron chi connectivity index (χ2n) is 7.61. The number of esters is 1. The Kier molecular flexibility index (Phi) is 5.90. The highest BCUT2D eigenvalue weighted by molar-refractivity contribution is 7.10. The van der Waals surface area contributed by atoms with Crippen LogP contribution in [0.1, 0.15) is 49.6 Å². The highest BCUT2D eigenvalue weighted by atomic mass is 32.1. The number of anilines is 1. The van der Waals surface area contributed by atoms with E-state index in [9.17, 15) is 9.59 Å². The lowest BCUT2D eigenvalue weighted by Gasteiger charge is -2.37. The lowest BCUT2D eigenvalue weighted by atomic mass is 9.92. The minimum Gasteiger partial charge on any atom is -0.465 e. The zero-order valence-electron chi connectivity index (χ0n) is 17.6. The van der Waals surface area contributed by atoms with Gasteiger partial charge in [-0.05, 0) is 49.4 Å². The van der Waals surface area contributed by atoms with Crippen LogP contribution in [-0.2, 0) is 14.3 Å². The van der Waals surface area contributed by atoms with Crippen LogP contribution < -0.4 is 4.90 Å². The molecule has 3 heterocycles. The number of hydrogen-bond donors (Lipinski definition) is 0. The topological polar surface area (TPSA) is 64.4 Å². The van der Waals surface area contributed by atoms with E-state index in [0.717, 1.165) is 40.7 Å². The van der Waals surface area contributed by atoms with Gasteiger partial charge in [0, 0.05) is 11.4 Å². The molecule has 0 bridgehead atoms. The summed E-state index contributed by atoms with van der Waals surface area (Å²) in [5.74, 6) is -0.987. The molecule has 30 heavy (non-hydrogen) atoms. The highest BCUT2D eigenvalue weighted by Gasteiger charge is 2.48. The summed E-state index contributed by atoms with van der Waals surface area (Å²) in [7, 11) is 0. The van der Waals surface area contributed by atoms with E-state index in [0.29, 0.717) is 12.5 Å². The van der Waals surface area contributed by atoms with Crippen molar-refractivity contribution in [2.75, 3.05) is 18.1 Å². The number of para-hydroxylation sites is 2. The van der Waals surface area contributed by atoms with Crippen molar-refractivity contribution < 1.29 is 14.3 Å². The monoisotopic (exact) mass is 425 g/mol.